The number of rotatable bonds is 3. The number of nitrogens with one attached hydrogen (secondary N) is 4. The fourth-order valence-electron chi connectivity index (χ4n) is 1.93. The third kappa shape index (κ3) is 6.19. The molecule has 26 heavy (non-hydrogen) atoms. The van der Waals surface area contributed by atoms with E-state index in [2.05, 4.69) is 21.3 Å². The summed E-state index contributed by atoms with van der Waals surface area (Å²) >= 11 is 10.0. The molecule has 0 radical (unpaired) electrons. The molecule has 2 amide bonds. The molecular formula is C17H15FN4O2S2. The summed E-state index contributed by atoms with van der Waals surface area (Å²) < 4.78 is 13.1. The summed E-state index contributed by atoms with van der Waals surface area (Å²) in [6.07, 6.45) is 0. The first-order valence-electron chi connectivity index (χ1n) is 7.40. The van der Waals surface area contributed by atoms with Crippen LogP contribution in [-0.4, -0.2) is 22.0 Å². The van der Waals surface area contributed by atoms with Gasteiger partial charge in [-0.05, 0) is 66.9 Å². The number of carbonyl (C=O) groups is 2. The van der Waals surface area contributed by atoms with E-state index in [0.29, 0.717) is 11.4 Å². The number of carbonyl (C=O) groups excluding carboxylic acids is 2. The Bertz CT molecular complexity index is 856. The molecule has 2 aromatic rings. The minimum absolute atomic E-state index is 0.0775. The normalized spacial score (nSPS) is 9.77. The summed E-state index contributed by atoms with van der Waals surface area (Å²) in [5.41, 5.74) is 1.47. The third-order valence-corrected chi connectivity index (χ3v) is 3.41. The van der Waals surface area contributed by atoms with E-state index in [1.807, 2.05) is 0 Å². The number of hydrogen-bond acceptors (Lipinski definition) is 4. The van der Waals surface area contributed by atoms with Crippen LogP contribution in [0, 0.1) is 5.82 Å². The second kappa shape index (κ2) is 8.97. The second-order valence-corrected chi connectivity index (χ2v) is 5.95. The van der Waals surface area contributed by atoms with Crippen molar-refractivity contribution < 1.29 is 14.0 Å². The third-order valence-electron chi connectivity index (χ3n) is 3.00. The molecule has 9 heteroatoms. The Hall–Kier alpha value is -2.91. The van der Waals surface area contributed by atoms with Crippen molar-refractivity contribution in [3.8, 4) is 0 Å². The number of thiocarbonyl (C=S) groups is 2. The zero-order chi connectivity index (χ0) is 19.1. The van der Waals surface area contributed by atoms with Gasteiger partial charge in [-0.1, -0.05) is 6.07 Å². The predicted molar refractivity (Wildman–Crippen MR) is 107 cm³/mol. The van der Waals surface area contributed by atoms with Gasteiger partial charge in [-0.2, -0.15) is 0 Å². The van der Waals surface area contributed by atoms with Crippen molar-refractivity contribution in [2.75, 3.05) is 10.6 Å². The van der Waals surface area contributed by atoms with Crippen LogP contribution in [0.1, 0.15) is 17.3 Å². The van der Waals surface area contributed by atoms with Crippen LogP contribution < -0.4 is 21.3 Å². The van der Waals surface area contributed by atoms with Gasteiger partial charge in [-0.3, -0.25) is 14.9 Å². The Balaban J connectivity index is 1.90. The van der Waals surface area contributed by atoms with E-state index in [9.17, 15) is 14.0 Å². The monoisotopic (exact) mass is 390 g/mol. The van der Waals surface area contributed by atoms with Gasteiger partial charge in [0.15, 0.2) is 10.2 Å². The Morgan fingerprint density at radius 1 is 0.885 bits per heavy atom. The van der Waals surface area contributed by atoms with E-state index in [4.69, 9.17) is 24.4 Å². The van der Waals surface area contributed by atoms with Crippen LogP contribution in [0.2, 0.25) is 0 Å². The van der Waals surface area contributed by atoms with Crippen LogP contribution in [0.3, 0.4) is 0 Å². The number of benzene rings is 2. The lowest BCUT2D eigenvalue weighted by atomic mass is 10.2. The Morgan fingerprint density at radius 2 is 1.42 bits per heavy atom. The number of halogens is 1. The summed E-state index contributed by atoms with van der Waals surface area (Å²) in [5.74, 6) is -1.28. The van der Waals surface area contributed by atoms with E-state index < -0.39 is 11.7 Å². The lowest BCUT2D eigenvalue weighted by molar-refractivity contribution is -0.117. The summed E-state index contributed by atoms with van der Waals surface area (Å²) in [7, 11) is 0. The van der Waals surface area contributed by atoms with E-state index in [0.717, 1.165) is 6.07 Å². The van der Waals surface area contributed by atoms with Gasteiger partial charge >= 0.3 is 0 Å². The summed E-state index contributed by atoms with van der Waals surface area (Å²) in [5, 5.41) is 10.9. The fourth-order valence-corrected chi connectivity index (χ4v) is 2.40. The van der Waals surface area contributed by atoms with Gasteiger partial charge in [0.2, 0.25) is 5.91 Å². The van der Waals surface area contributed by atoms with Crippen molar-refractivity contribution in [2.24, 2.45) is 0 Å². The zero-order valence-electron chi connectivity index (χ0n) is 13.6. The molecule has 0 aromatic heterocycles. The molecule has 0 unspecified atom stereocenters. The first-order chi connectivity index (χ1) is 12.3. The van der Waals surface area contributed by atoms with Crippen LogP contribution in [0.25, 0.3) is 0 Å². The molecular weight excluding hydrogens is 375 g/mol. The molecule has 0 spiro atoms. The molecule has 0 aliphatic heterocycles. The van der Waals surface area contributed by atoms with E-state index >= 15 is 0 Å². The summed E-state index contributed by atoms with van der Waals surface area (Å²) in [6, 6.07) is 12.1. The van der Waals surface area contributed by atoms with Gasteiger partial charge in [0.25, 0.3) is 5.91 Å². The molecule has 0 aliphatic carbocycles. The molecule has 0 bridgehead atoms. The largest absolute Gasteiger partial charge is 0.332 e. The summed E-state index contributed by atoms with van der Waals surface area (Å²) in [6.45, 7) is 1.36. The molecule has 4 N–H and O–H groups in total. The van der Waals surface area contributed by atoms with Crippen LogP contribution in [0.15, 0.2) is 48.5 Å². The molecule has 0 atom stereocenters. The van der Waals surface area contributed by atoms with Gasteiger partial charge in [-0.15, -0.1) is 0 Å². The highest BCUT2D eigenvalue weighted by atomic mass is 32.1. The van der Waals surface area contributed by atoms with Gasteiger partial charge in [-0.25, -0.2) is 4.39 Å². The van der Waals surface area contributed by atoms with Crippen molar-refractivity contribution in [3.05, 3.63) is 59.9 Å². The molecule has 0 saturated carbocycles. The molecule has 6 nitrogen and oxygen atoms in total. The molecule has 0 heterocycles. The van der Waals surface area contributed by atoms with Crippen molar-refractivity contribution in [1.29, 1.82) is 0 Å². The molecule has 134 valence electrons. The smallest absolute Gasteiger partial charge is 0.257 e. The quantitative estimate of drug-likeness (QED) is 0.604. The van der Waals surface area contributed by atoms with Crippen LogP contribution >= 0.6 is 24.4 Å². The maximum atomic E-state index is 13.1. The van der Waals surface area contributed by atoms with E-state index in [1.165, 1.54) is 25.1 Å². The Morgan fingerprint density at radius 3 is 1.92 bits per heavy atom. The maximum absolute atomic E-state index is 13.1. The minimum atomic E-state index is -0.513. The number of amides is 2. The van der Waals surface area contributed by atoms with Gasteiger partial charge in [0.1, 0.15) is 5.82 Å². The number of hydrogen-bond donors (Lipinski definition) is 4. The van der Waals surface area contributed by atoms with Crippen molar-refractivity contribution in [3.63, 3.8) is 0 Å². The minimum Gasteiger partial charge on any atom is -0.332 e. The molecule has 2 aromatic carbocycles. The van der Waals surface area contributed by atoms with Crippen LogP contribution in [0.4, 0.5) is 15.8 Å². The SMILES string of the molecule is CC(=O)NC(=S)Nc1ccc(NC(=S)NC(=O)c2cccc(F)c2)cc1. The highest BCUT2D eigenvalue weighted by Crippen LogP contribution is 2.13. The van der Waals surface area contributed by atoms with Gasteiger partial charge in [0, 0.05) is 23.9 Å². The fraction of sp³-hybridized carbons (Fsp3) is 0.0588. The van der Waals surface area contributed by atoms with Crippen LogP contribution in [-0.2, 0) is 4.79 Å². The Labute approximate surface area is 160 Å². The second-order valence-electron chi connectivity index (χ2n) is 5.13. The van der Waals surface area contributed by atoms with Gasteiger partial charge < -0.3 is 16.0 Å². The van der Waals surface area contributed by atoms with Gasteiger partial charge in [0.05, 0.1) is 0 Å². The first kappa shape index (κ1) is 19.4. The molecule has 0 aliphatic rings. The lowest BCUT2D eigenvalue weighted by Crippen LogP contribution is -2.34. The standard InChI is InChI=1S/C17H15FN4O2S2/c1-10(23)19-16(25)20-13-5-7-14(8-6-13)21-17(26)22-15(24)11-3-2-4-12(18)9-11/h2-9H,1H3,(H2,19,20,23,25)(H2,21,22,24,26). The zero-order valence-corrected chi connectivity index (χ0v) is 15.3. The van der Waals surface area contributed by atoms with E-state index in [-0.39, 0.29) is 21.7 Å². The van der Waals surface area contributed by atoms with Crippen molar-refractivity contribution in [2.45, 2.75) is 6.92 Å². The first-order valence-corrected chi connectivity index (χ1v) is 8.21. The number of anilines is 2. The average molecular weight is 390 g/mol. The van der Waals surface area contributed by atoms with Crippen molar-refractivity contribution >= 4 is 57.8 Å². The predicted octanol–water partition coefficient (Wildman–Crippen LogP) is 2.79. The summed E-state index contributed by atoms with van der Waals surface area (Å²) in [4.78, 5) is 22.9. The van der Waals surface area contributed by atoms with Crippen molar-refractivity contribution in [1.82, 2.24) is 10.6 Å². The Kier molecular flexibility index (Phi) is 6.70. The highest BCUT2D eigenvalue weighted by molar-refractivity contribution is 7.80. The molecule has 0 fully saturated rings. The topological polar surface area (TPSA) is 82.3 Å². The maximum Gasteiger partial charge on any atom is 0.257 e. The molecule has 2 rings (SSSR count). The average Bonchev–Trinajstić information content (AvgIpc) is 2.55. The highest BCUT2D eigenvalue weighted by Gasteiger charge is 2.09. The van der Waals surface area contributed by atoms with Crippen LogP contribution in [0.5, 0.6) is 0 Å². The lowest BCUT2D eigenvalue weighted by Gasteiger charge is -2.11. The van der Waals surface area contributed by atoms with E-state index in [1.54, 1.807) is 24.3 Å². The molecule has 0 saturated heterocycles.